The highest BCUT2D eigenvalue weighted by Crippen LogP contribution is 2.23. The minimum Gasteiger partial charge on any atom is -0.438 e. The van der Waals surface area contributed by atoms with E-state index in [0.29, 0.717) is 17.2 Å². The third-order valence-corrected chi connectivity index (χ3v) is 3.31. The average Bonchev–Trinajstić information content (AvgIpc) is 3.06. The van der Waals surface area contributed by atoms with Gasteiger partial charge in [0.2, 0.25) is 5.89 Å². The van der Waals surface area contributed by atoms with Gasteiger partial charge in [0.05, 0.1) is 6.20 Å². The Labute approximate surface area is 132 Å². The van der Waals surface area contributed by atoms with Crippen LogP contribution < -0.4 is 5.32 Å². The van der Waals surface area contributed by atoms with E-state index < -0.39 is 6.04 Å². The number of oxazole rings is 1. The lowest BCUT2D eigenvalue weighted by molar-refractivity contribution is 0.0934. The Morgan fingerprint density at radius 2 is 1.87 bits per heavy atom. The summed E-state index contributed by atoms with van der Waals surface area (Å²) in [6.45, 7) is 1.78. The lowest BCUT2D eigenvalue weighted by atomic mass is 10.2. The van der Waals surface area contributed by atoms with Gasteiger partial charge in [0, 0.05) is 23.5 Å². The van der Waals surface area contributed by atoms with Gasteiger partial charge in [-0.25, -0.2) is 9.37 Å². The van der Waals surface area contributed by atoms with Gasteiger partial charge >= 0.3 is 0 Å². The van der Waals surface area contributed by atoms with E-state index in [-0.39, 0.29) is 11.7 Å². The van der Waals surface area contributed by atoms with Gasteiger partial charge in [-0.3, -0.25) is 9.78 Å². The monoisotopic (exact) mass is 311 g/mol. The number of aromatic nitrogens is 2. The zero-order valence-corrected chi connectivity index (χ0v) is 12.4. The molecule has 23 heavy (non-hydrogen) atoms. The number of rotatable bonds is 4. The van der Waals surface area contributed by atoms with E-state index in [0.717, 1.165) is 5.56 Å². The molecule has 5 nitrogen and oxygen atoms in total. The van der Waals surface area contributed by atoms with E-state index >= 15 is 0 Å². The molecular weight excluding hydrogens is 297 g/mol. The van der Waals surface area contributed by atoms with Crippen LogP contribution in [-0.2, 0) is 0 Å². The molecule has 1 atom stereocenters. The molecular formula is C17H14FN3O2. The van der Waals surface area contributed by atoms with Gasteiger partial charge in [-0.1, -0.05) is 0 Å². The summed E-state index contributed by atoms with van der Waals surface area (Å²) >= 11 is 0. The average molecular weight is 311 g/mol. The van der Waals surface area contributed by atoms with Gasteiger partial charge in [-0.2, -0.15) is 0 Å². The van der Waals surface area contributed by atoms with E-state index in [1.54, 1.807) is 49.8 Å². The maximum absolute atomic E-state index is 12.9. The van der Waals surface area contributed by atoms with Crippen LogP contribution in [0.5, 0.6) is 0 Å². The van der Waals surface area contributed by atoms with Crippen LogP contribution >= 0.6 is 0 Å². The minimum atomic E-state index is -0.398. The molecule has 0 aliphatic rings. The Balaban J connectivity index is 1.72. The molecule has 2 heterocycles. The molecule has 3 rings (SSSR count). The maximum atomic E-state index is 12.9. The molecule has 6 heteroatoms. The summed E-state index contributed by atoms with van der Waals surface area (Å²) in [4.78, 5) is 20.1. The summed E-state index contributed by atoms with van der Waals surface area (Å²) in [5.74, 6) is 0.352. The molecule has 1 aromatic carbocycles. The molecule has 0 fully saturated rings. The van der Waals surface area contributed by atoms with E-state index in [1.165, 1.54) is 12.1 Å². The number of pyridine rings is 1. The van der Waals surface area contributed by atoms with Gasteiger partial charge in [0.15, 0.2) is 5.76 Å². The number of hydrogen-bond acceptors (Lipinski definition) is 4. The normalized spacial score (nSPS) is 11.9. The summed E-state index contributed by atoms with van der Waals surface area (Å²) in [6, 6.07) is 8.78. The molecule has 116 valence electrons. The molecule has 1 N–H and O–H groups in total. The smallest absolute Gasteiger partial charge is 0.252 e. The number of carbonyl (C=O) groups is 1. The fourth-order valence-electron chi connectivity index (χ4n) is 2.08. The first kappa shape index (κ1) is 14.9. The van der Waals surface area contributed by atoms with Crippen LogP contribution in [0.3, 0.4) is 0 Å². The molecule has 0 radical (unpaired) electrons. The van der Waals surface area contributed by atoms with Crippen LogP contribution in [0.4, 0.5) is 4.39 Å². The van der Waals surface area contributed by atoms with Crippen LogP contribution in [0.15, 0.2) is 59.4 Å². The molecule has 0 aliphatic carbocycles. The summed E-state index contributed by atoms with van der Waals surface area (Å²) in [7, 11) is 0. The van der Waals surface area contributed by atoms with Crippen molar-refractivity contribution in [2.75, 3.05) is 0 Å². The Morgan fingerprint density at radius 3 is 2.57 bits per heavy atom. The SMILES string of the molecule is CC(NC(=O)c1ccncc1)c1ncc(-c2ccc(F)cc2)o1. The highest BCUT2D eigenvalue weighted by atomic mass is 19.1. The lowest BCUT2D eigenvalue weighted by Crippen LogP contribution is -2.26. The third-order valence-electron chi connectivity index (χ3n) is 3.31. The topological polar surface area (TPSA) is 68.0 Å². The van der Waals surface area contributed by atoms with Crippen molar-refractivity contribution < 1.29 is 13.6 Å². The molecule has 0 saturated heterocycles. The van der Waals surface area contributed by atoms with Crippen molar-refractivity contribution in [3.8, 4) is 11.3 Å². The number of hydrogen-bond donors (Lipinski definition) is 1. The van der Waals surface area contributed by atoms with Crippen molar-refractivity contribution in [1.82, 2.24) is 15.3 Å². The number of halogens is 1. The van der Waals surface area contributed by atoms with Crippen LogP contribution in [0.1, 0.15) is 29.2 Å². The molecule has 0 spiro atoms. The van der Waals surface area contributed by atoms with Gasteiger partial charge in [0.25, 0.3) is 5.91 Å². The van der Waals surface area contributed by atoms with Crippen LogP contribution in [-0.4, -0.2) is 15.9 Å². The van der Waals surface area contributed by atoms with Crippen molar-refractivity contribution in [2.45, 2.75) is 13.0 Å². The van der Waals surface area contributed by atoms with E-state index in [1.807, 2.05) is 0 Å². The second-order valence-corrected chi connectivity index (χ2v) is 5.00. The van der Waals surface area contributed by atoms with Crippen molar-refractivity contribution in [1.29, 1.82) is 0 Å². The number of nitrogens with one attached hydrogen (secondary N) is 1. The Bertz CT molecular complexity index is 800. The first-order chi connectivity index (χ1) is 11.1. The highest BCUT2D eigenvalue weighted by Gasteiger charge is 2.16. The van der Waals surface area contributed by atoms with Gasteiger partial charge < -0.3 is 9.73 Å². The zero-order chi connectivity index (χ0) is 16.2. The molecule has 2 aromatic heterocycles. The predicted molar refractivity (Wildman–Crippen MR) is 82.0 cm³/mol. The fourth-order valence-corrected chi connectivity index (χ4v) is 2.08. The first-order valence-electron chi connectivity index (χ1n) is 7.06. The van der Waals surface area contributed by atoms with Crippen molar-refractivity contribution in [2.24, 2.45) is 0 Å². The molecule has 0 saturated carbocycles. The second kappa shape index (κ2) is 6.39. The summed E-state index contributed by atoms with van der Waals surface area (Å²) < 4.78 is 18.6. The van der Waals surface area contributed by atoms with E-state index in [9.17, 15) is 9.18 Å². The Hall–Kier alpha value is -3.02. The van der Waals surface area contributed by atoms with Gasteiger partial charge in [-0.05, 0) is 43.3 Å². The number of amides is 1. The first-order valence-corrected chi connectivity index (χ1v) is 7.06. The molecule has 0 aliphatic heterocycles. The number of benzene rings is 1. The second-order valence-electron chi connectivity index (χ2n) is 5.00. The highest BCUT2D eigenvalue weighted by molar-refractivity contribution is 5.94. The van der Waals surface area contributed by atoms with Gasteiger partial charge in [-0.15, -0.1) is 0 Å². The molecule has 3 aromatic rings. The zero-order valence-electron chi connectivity index (χ0n) is 12.4. The summed E-state index contributed by atoms with van der Waals surface area (Å²) in [5.41, 5.74) is 1.23. The molecule has 0 bridgehead atoms. The molecule has 1 amide bonds. The van der Waals surface area contributed by atoms with Crippen molar-refractivity contribution in [3.63, 3.8) is 0 Å². The number of nitrogens with zero attached hydrogens (tertiary/aromatic N) is 2. The minimum absolute atomic E-state index is 0.235. The summed E-state index contributed by atoms with van der Waals surface area (Å²) in [6.07, 6.45) is 4.66. The fraction of sp³-hybridized carbons (Fsp3) is 0.118. The molecule has 1 unspecified atom stereocenters. The largest absolute Gasteiger partial charge is 0.438 e. The van der Waals surface area contributed by atoms with E-state index in [2.05, 4.69) is 15.3 Å². The maximum Gasteiger partial charge on any atom is 0.252 e. The standard InChI is InChI=1S/C17H14FN3O2/c1-11(21-16(22)13-6-8-19-9-7-13)17-20-10-15(23-17)12-2-4-14(18)5-3-12/h2-11H,1H3,(H,21,22). The Kier molecular flexibility index (Phi) is 4.14. The third kappa shape index (κ3) is 3.42. The van der Waals surface area contributed by atoms with Crippen molar-refractivity contribution in [3.05, 3.63) is 72.3 Å². The van der Waals surface area contributed by atoms with Crippen LogP contribution in [0.2, 0.25) is 0 Å². The van der Waals surface area contributed by atoms with Crippen molar-refractivity contribution >= 4 is 5.91 Å². The van der Waals surface area contributed by atoms with Crippen LogP contribution in [0.25, 0.3) is 11.3 Å². The number of carbonyl (C=O) groups excluding carboxylic acids is 1. The predicted octanol–water partition coefficient (Wildman–Crippen LogP) is 3.37. The quantitative estimate of drug-likeness (QED) is 0.802. The van der Waals surface area contributed by atoms with E-state index in [4.69, 9.17) is 4.42 Å². The Morgan fingerprint density at radius 1 is 1.17 bits per heavy atom. The summed E-state index contributed by atoms with van der Waals surface area (Å²) in [5, 5.41) is 2.80. The van der Waals surface area contributed by atoms with Crippen LogP contribution in [0, 0.1) is 5.82 Å². The van der Waals surface area contributed by atoms with Gasteiger partial charge in [0.1, 0.15) is 11.9 Å². The lowest BCUT2D eigenvalue weighted by Gasteiger charge is -2.10.